The fourth-order valence-corrected chi connectivity index (χ4v) is 11.9. The van der Waals surface area contributed by atoms with Crippen molar-refractivity contribution in [1.29, 1.82) is 0 Å². The number of Topliss-reactive ketones (excluding diaryl/α,β-unsaturated/α-hetero) is 1. The monoisotopic (exact) mass is 708 g/mol. The number of carbonyl (C=O) groups is 2. The van der Waals surface area contributed by atoms with Gasteiger partial charge >= 0.3 is 6.03 Å². The number of aliphatic hydroxyl groups excluding tert-OH is 1. The molecule has 3 fully saturated rings. The Bertz CT molecular complexity index is 2020. The van der Waals surface area contributed by atoms with Crippen molar-refractivity contribution in [3.05, 3.63) is 107 Å². The minimum absolute atomic E-state index is 0.0446. The van der Waals surface area contributed by atoms with Crippen LogP contribution in [0.25, 0.3) is 10.8 Å². The molecule has 6 nitrogen and oxygen atoms in total. The van der Waals surface area contributed by atoms with Gasteiger partial charge in [-0.3, -0.25) is 4.79 Å². The molecule has 8 atom stereocenters. The lowest BCUT2D eigenvalue weighted by Crippen LogP contribution is -2.67. The van der Waals surface area contributed by atoms with E-state index in [2.05, 4.69) is 55.6 Å². The van der Waals surface area contributed by atoms with Crippen LogP contribution in [0.15, 0.2) is 84.5 Å². The lowest BCUT2D eigenvalue weighted by molar-refractivity contribution is -0.174. The van der Waals surface area contributed by atoms with Gasteiger partial charge in [-0.25, -0.2) is 13.6 Å². The molecule has 274 valence electrons. The molecule has 3 N–H and O–H groups in total. The topological polar surface area (TPSA) is 89.9 Å². The number of ketones is 1. The summed E-state index contributed by atoms with van der Waals surface area (Å²) in [4.78, 5) is 30.5. The smallest absolute Gasteiger partial charge is 0.317 e. The number of allylic oxidation sites excluding steroid dienone is 4. The highest BCUT2D eigenvalue weighted by Crippen LogP contribution is 2.78. The molecule has 2 bridgehead atoms. The van der Waals surface area contributed by atoms with E-state index in [0.717, 1.165) is 41.3 Å². The van der Waals surface area contributed by atoms with E-state index in [1.54, 1.807) is 4.90 Å². The van der Waals surface area contributed by atoms with Crippen LogP contribution < -0.4 is 5.32 Å². The first-order valence-corrected chi connectivity index (χ1v) is 19.0. The van der Waals surface area contributed by atoms with Crippen LogP contribution in [0.5, 0.6) is 0 Å². The third-order valence-corrected chi connectivity index (χ3v) is 14.5. The molecule has 52 heavy (non-hydrogen) atoms. The van der Waals surface area contributed by atoms with Crippen molar-refractivity contribution < 1.29 is 28.6 Å². The van der Waals surface area contributed by atoms with Crippen molar-refractivity contribution in [3.63, 3.8) is 0 Å². The van der Waals surface area contributed by atoms with Crippen molar-refractivity contribution in [2.75, 3.05) is 6.54 Å². The molecule has 8 heteroatoms. The van der Waals surface area contributed by atoms with E-state index < -0.39 is 39.6 Å². The second kappa shape index (κ2) is 12.1. The lowest BCUT2D eigenvalue weighted by atomic mass is 9.32. The molecule has 0 radical (unpaired) electrons. The van der Waals surface area contributed by atoms with E-state index in [1.807, 2.05) is 38.1 Å². The Hall–Kier alpha value is -3.88. The first-order valence-electron chi connectivity index (χ1n) is 19.0. The van der Waals surface area contributed by atoms with Crippen LogP contribution in [-0.2, 0) is 6.54 Å². The number of fused-ring (bicyclic) bond motifs is 2. The predicted octanol–water partition coefficient (Wildman–Crippen LogP) is 8.51. The molecule has 6 aliphatic rings. The SMILES string of the molecule is CC(C)NC(=O)N(Cc1cccc2ccccc12)C[C@]1(O)CC[C@H]2[C@]34C=C[C@@]5(C=C3C(=O)c3ccc(F)c(F)c3)CC(O)CC[C@]5(C)[C@H]4CC[C@@]21C. The van der Waals surface area contributed by atoms with Gasteiger partial charge in [-0.05, 0) is 111 Å². The van der Waals surface area contributed by atoms with Gasteiger partial charge in [0.2, 0.25) is 0 Å². The second-order valence-corrected chi connectivity index (χ2v) is 17.4. The van der Waals surface area contributed by atoms with E-state index in [4.69, 9.17) is 0 Å². The van der Waals surface area contributed by atoms with Gasteiger partial charge in [0.05, 0.1) is 18.2 Å². The van der Waals surface area contributed by atoms with Crippen molar-refractivity contribution in [2.45, 2.75) is 96.9 Å². The summed E-state index contributed by atoms with van der Waals surface area (Å²) >= 11 is 0. The Morgan fingerprint density at radius 2 is 1.62 bits per heavy atom. The summed E-state index contributed by atoms with van der Waals surface area (Å²) in [5, 5.41) is 29.3. The van der Waals surface area contributed by atoms with E-state index in [1.165, 1.54) is 6.07 Å². The van der Waals surface area contributed by atoms with Gasteiger partial charge in [-0.1, -0.05) is 74.5 Å². The fourth-order valence-electron chi connectivity index (χ4n) is 11.9. The van der Waals surface area contributed by atoms with Crippen molar-refractivity contribution in [1.82, 2.24) is 10.2 Å². The summed E-state index contributed by atoms with van der Waals surface area (Å²) in [7, 11) is 0. The molecule has 2 spiro atoms. The summed E-state index contributed by atoms with van der Waals surface area (Å²) in [6.45, 7) is 8.75. The highest BCUT2D eigenvalue weighted by Gasteiger charge is 2.74. The third kappa shape index (κ3) is 4.92. The number of amides is 2. The third-order valence-electron chi connectivity index (χ3n) is 14.5. The number of nitrogens with one attached hydrogen (secondary N) is 1. The Morgan fingerprint density at radius 1 is 0.904 bits per heavy atom. The zero-order chi connectivity index (χ0) is 36.8. The number of halogens is 2. The first-order chi connectivity index (χ1) is 24.7. The number of nitrogens with zero attached hydrogens (tertiary/aromatic N) is 1. The number of hydrogen-bond acceptors (Lipinski definition) is 4. The number of benzene rings is 3. The molecule has 6 aliphatic carbocycles. The quantitative estimate of drug-likeness (QED) is 0.170. The zero-order valence-electron chi connectivity index (χ0n) is 30.6. The highest BCUT2D eigenvalue weighted by atomic mass is 19.2. The van der Waals surface area contributed by atoms with Gasteiger partial charge in [0.25, 0.3) is 0 Å². The van der Waals surface area contributed by atoms with Crippen LogP contribution >= 0.6 is 0 Å². The Labute approximate surface area is 305 Å². The van der Waals surface area contributed by atoms with Crippen molar-refractivity contribution in [2.24, 2.45) is 33.5 Å². The Balaban J connectivity index is 1.21. The van der Waals surface area contributed by atoms with Crippen LogP contribution in [-0.4, -0.2) is 51.2 Å². The van der Waals surface area contributed by atoms with Gasteiger partial charge < -0.3 is 20.4 Å². The molecule has 3 aromatic rings. The normalized spacial score (nSPS) is 35.9. The summed E-state index contributed by atoms with van der Waals surface area (Å²) in [5.41, 5.74) is -1.83. The summed E-state index contributed by atoms with van der Waals surface area (Å²) in [6.07, 6.45) is 10.5. The first kappa shape index (κ1) is 35.2. The molecule has 0 aliphatic heterocycles. The van der Waals surface area contributed by atoms with Gasteiger partial charge in [-0.15, -0.1) is 0 Å². The van der Waals surface area contributed by atoms with Crippen LogP contribution in [0.4, 0.5) is 13.6 Å². The van der Waals surface area contributed by atoms with Crippen LogP contribution in [0, 0.1) is 45.1 Å². The molecule has 2 amide bonds. The number of hydrogen-bond donors (Lipinski definition) is 3. The van der Waals surface area contributed by atoms with Gasteiger partial charge in [-0.2, -0.15) is 0 Å². The highest BCUT2D eigenvalue weighted by molar-refractivity contribution is 6.10. The average Bonchev–Trinajstić information content (AvgIpc) is 3.38. The zero-order valence-corrected chi connectivity index (χ0v) is 30.6. The summed E-state index contributed by atoms with van der Waals surface area (Å²) < 4.78 is 28.7. The standard InChI is InChI=1S/C44H50F2N2O4/c1-27(2)47-39(51)48(25-30-10-7-9-28-8-5-6-11-32(28)30)26-43(52)19-16-37-41(43,4)18-15-36-40(3)17-14-31(49)23-42(40)20-21-44(36,37)33(24-42)38(50)29-12-13-34(45)35(46)22-29/h5-13,20-22,24,27,31,36-37,49,52H,14-19,23,25-26H2,1-4H3,(H,47,51)/t31?,36-,37-,40-,41+,42+,43-,44-/m1/s1. The molecule has 0 aromatic heterocycles. The lowest BCUT2D eigenvalue weighted by Gasteiger charge is -2.71. The molecular weight excluding hydrogens is 658 g/mol. The minimum Gasteiger partial charge on any atom is -0.393 e. The van der Waals surface area contributed by atoms with E-state index >= 15 is 0 Å². The number of aliphatic hydroxyl groups is 2. The maximum Gasteiger partial charge on any atom is 0.317 e. The Morgan fingerprint density at radius 3 is 2.38 bits per heavy atom. The molecule has 0 heterocycles. The fraction of sp³-hybridized carbons (Fsp3) is 0.500. The Kier molecular flexibility index (Phi) is 8.16. The van der Waals surface area contributed by atoms with Crippen LogP contribution in [0.1, 0.15) is 88.6 Å². The van der Waals surface area contributed by atoms with Gasteiger partial charge in [0.1, 0.15) is 0 Å². The van der Waals surface area contributed by atoms with Crippen LogP contribution in [0.3, 0.4) is 0 Å². The van der Waals surface area contributed by atoms with Crippen molar-refractivity contribution >= 4 is 22.6 Å². The molecule has 1 unspecified atom stereocenters. The average molecular weight is 709 g/mol. The minimum atomic E-state index is -1.27. The maximum absolute atomic E-state index is 14.7. The summed E-state index contributed by atoms with van der Waals surface area (Å²) in [6, 6.07) is 17.2. The predicted molar refractivity (Wildman–Crippen MR) is 197 cm³/mol. The number of carbonyl (C=O) groups excluding carboxylic acids is 2. The van der Waals surface area contributed by atoms with Crippen LogP contribution in [0.2, 0.25) is 0 Å². The molecule has 3 saturated carbocycles. The number of rotatable bonds is 7. The molecular formula is C44H50F2N2O4. The maximum atomic E-state index is 14.7. The van der Waals surface area contributed by atoms with E-state index in [-0.39, 0.29) is 47.2 Å². The molecule has 3 aromatic carbocycles. The summed E-state index contributed by atoms with van der Waals surface area (Å²) in [5.74, 6) is -2.52. The van der Waals surface area contributed by atoms with E-state index in [0.29, 0.717) is 44.2 Å². The second-order valence-electron chi connectivity index (χ2n) is 17.4. The largest absolute Gasteiger partial charge is 0.393 e. The van der Waals surface area contributed by atoms with Crippen molar-refractivity contribution in [3.8, 4) is 0 Å². The molecule has 9 rings (SSSR count). The molecule has 0 saturated heterocycles. The number of urea groups is 1. The van der Waals surface area contributed by atoms with Gasteiger partial charge in [0.15, 0.2) is 17.4 Å². The van der Waals surface area contributed by atoms with Gasteiger partial charge in [0, 0.05) is 40.0 Å². The van der Waals surface area contributed by atoms with E-state index in [9.17, 15) is 28.6 Å².